The smallest absolute Gasteiger partial charge is 0.439 e. The van der Waals surface area contributed by atoms with E-state index < -0.39 is 36.0 Å². The summed E-state index contributed by atoms with van der Waals surface area (Å²) >= 11 is 0. The third-order valence-corrected chi connectivity index (χ3v) is 3.17. The molecule has 1 amide bonds. The zero-order chi connectivity index (χ0) is 20.1. The maximum Gasteiger partial charge on any atom is 0.439 e. The number of rotatable bonds is 6. The number of carbonyl (C=O) groups excluding carboxylic acids is 1. The SMILES string of the molecule is O=C(Nc1ccccc1OC(F)(F)C(F)C(F)(F)F)OCc1ccccc1. The van der Waals surface area contributed by atoms with E-state index in [1.165, 1.54) is 6.07 Å². The first-order valence-corrected chi connectivity index (χ1v) is 7.44. The van der Waals surface area contributed by atoms with Crippen LogP contribution in [0.5, 0.6) is 5.75 Å². The van der Waals surface area contributed by atoms with Crippen LogP contribution >= 0.6 is 0 Å². The molecule has 1 atom stereocenters. The highest BCUT2D eigenvalue weighted by Crippen LogP contribution is 2.38. The van der Waals surface area contributed by atoms with Crippen LogP contribution in [0.4, 0.5) is 36.8 Å². The van der Waals surface area contributed by atoms with E-state index >= 15 is 0 Å². The Hall–Kier alpha value is -2.91. The van der Waals surface area contributed by atoms with Crippen molar-refractivity contribution >= 4 is 11.8 Å². The van der Waals surface area contributed by atoms with E-state index in [4.69, 9.17) is 4.74 Å². The number of carbonyl (C=O) groups is 1. The Bertz CT molecular complexity index is 767. The van der Waals surface area contributed by atoms with E-state index in [2.05, 4.69) is 10.1 Å². The van der Waals surface area contributed by atoms with Crippen molar-refractivity contribution in [1.29, 1.82) is 0 Å². The van der Waals surface area contributed by atoms with Gasteiger partial charge in [-0.2, -0.15) is 22.0 Å². The molecule has 1 unspecified atom stereocenters. The summed E-state index contributed by atoms with van der Waals surface area (Å²) in [5.41, 5.74) is 0.235. The normalized spacial score (nSPS) is 13.0. The quantitative estimate of drug-likeness (QED) is 0.677. The second-order valence-electron chi connectivity index (χ2n) is 5.25. The molecule has 0 heterocycles. The lowest BCUT2D eigenvalue weighted by molar-refractivity contribution is -0.304. The number of alkyl halides is 6. The standard InChI is InChI=1S/C17H13F6NO3/c18-14(16(19,20)21)17(22,23)27-13-9-5-4-8-12(13)24-15(25)26-10-11-6-2-1-3-7-11/h1-9,14H,10H2,(H,24,25). The van der Waals surface area contributed by atoms with Crippen molar-refractivity contribution in [2.24, 2.45) is 0 Å². The van der Waals surface area contributed by atoms with Crippen LogP contribution in [0, 0.1) is 0 Å². The molecule has 0 aromatic heterocycles. The number of ether oxygens (including phenoxy) is 2. The lowest BCUT2D eigenvalue weighted by atomic mass is 10.2. The van der Waals surface area contributed by atoms with Crippen LogP contribution in [0.15, 0.2) is 54.6 Å². The summed E-state index contributed by atoms with van der Waals surface area (Å²) in [5, 5.41) is 2.06. The van der Waals surface area contributed by atoms with Gasteiger partial charge in [0.05, 0.1) is 5.69 Å². The van der Waals surface area contributed by atoms with Crippen LogP contribution in [0.3, 0.4) is 0 Å². The lowest BCUT2D eigenvalue weighted by Gasteiger charge is -2.24. The van der Waals surface area contributed by atoms with E-state index in [1.54, 1.807) is 30.3 Å². The van der Waals surface area contributed by atoms with E-state index in [0.29, 0.717) is 5.56 Å². The van der Waals surface area contributed by atoms with Crippen molar-refractivity contribution in [3.8, 4) is 5.75 Å². The van der Waals surface area contributed by atoms with E-state index in [0.717, 1.165) is 18.2 Å². The van der Waals surface area contributed by atoms with Crippen LogP contribution in [-0.4, -0.2) is 24.5 Å². The number of halogens is 6. The van der Waals surface area contributed by atoms with Crippen LogP contribution in [0.1, 0.15) is 5.56 Å². The van der Waals surface area contributed by atoms with Gasteiger partial charge in [0.2, 0.25) is 0 Å². The Labute approximate surface area is 149 Å². The Morgan fingerprint density at radius 2 is 1.56 bits per heavy atom. The summed E-state index contributed by atoms with van der Waals surface area (Å²) < 4.78 is 85.2. The van der Waals surface area contributed by atoms with E-state index in [1.807, 2.05) is 0 Å². The fraction of sp³-hybridized carbons (Fsp3) is 0.235. The van der Waals surface area contributed by atoms with Gasteiger partial charge in [-0.25, -0.2) is 9.18 Å². The Morgan fingerprint density at radius 3 is 2.19 bits per heavy atom. The predicted octanol–water partition coefficient (Wildman–Crippen LogP) is 5.31. The number of nitrogens with one attached hydrogen (secondary N) is 1. The molecule has 0 fully saturated rings. The number of benzene rings is 2. The average Bonchev–Trinajstić information content (AvgIpc) is 2.61. The molecule has 0 aliphatic rings. The maximum atomic E-state index is 13.4. The fourth-order valence-electron chi connectivity index (χ4n) is 1.92. The van der Waals surface area contributed by atoms with Gasteiger partial charge in [0.15, 0.2) is 0 Å². The third kappa shape index (κ3) is 5.80. The highest BCUT2D eigenvalue weighted by Gasteiger charge is 2.59. The average molecular weight is 393 g/mol. The number of anilines is 1. The van der Waals surface area contributed by atoms with Crippen molar-refractivity contribution in [3.63, 3.8) is 0 Å². The molecular formula is C17H13F6NO3. The largest absolute Gasteiger partial charge is 0.444 e. The molecule has 146 valence electrons. The van der Waals surface area contributed by atoms with Gasteiger partial charge in [0, 0.05) is 0 Å². The summed E-state index contributed by atoms with van der Waals surface area (Å²) in [6, 6.07) is 12.9. The number of para-hydroxylation sites is 2. The Balaban J connectivity index is 2.05. The van der Waals surface area contributed by atoms with Gasteiger partial charge in [0.1, 0.15) is 12.4 Å². The number of hydrogen-bond acceptors (Lipinski definition) is 3. The minimum absolute atomic E-state index is 0.132. The fourth-order valence-corrected chi connectivity index (χ4v) is 1.92. The molecule has 2 aromatic carbocycles. The summed E-state index contributed by atoms with van der Waals surface area (Å²) in [6.45, 7) is -0.132. The second-order valence-corrected chi connectivity index (χ2v) is 5.25. The van der Waals surface area contributed by atoms with Crippen molar-refractivity contribution in [1.82, 2.24) is 0 Å². The minimum Gasteiger partial charge on any atom is -0.444 e. The second kappa shape index (κ2) is 8.19. The molecule has 0 saturated carbocycles. The van der Waals surface area contributed by atoms with Crippen LogP contribution < -0.4 is 10.1 Å². The Kier molecular flexibility index (Phi) is 6.19. The molecule has 0 radical (unpaired) electrons. The predicted molar refractivity (Wildman–Crippen MR) is 83.2 cm³/mol. The van der Waals surface area contributed by atoms with Crippen molar-refractivity contribution in [2.75, 3.05) is 5.32 Å². The molecule has 0 aliphatic carbocycles. The maximum absolute atomic E-state index is 13.4. The molecule has 4 nitrogen and oxygen atoms in total. The molecule has 0 spiro atoms. The topological polar surface area (TPSA) is 47.6 Å². The van der Waals surface area contributed by atoms with E-state index in [9.17, 15) is 31.1 Å². The van der Waals surface area contributed by atoms with Crippen LogP contribution in [-0.2, 0) is 11.3 Å². The van der Waals surface area contributed by atoms with Crippen molar-refractivity contribution in [3.05, 3.63) is 60.2 Å². The van der Waals surface area contributed by atoms with Gasteiger partial charge in [0.25, 0.3) is 6.17 Å². The highest BCUT2D eigenvalue weighted by atomic mass is 19.4. The van der Waals surface area contributed by atoms with E-state index in [-0.39, 0.29) is 6.61 Å². The first-order valence-electron chi connectivity index (χ1n) is 7.44. The van der Waals surface area contributed by atoms with Crippen molar-refractivity contribution < 1.29 is 40.6 Å². The Morgan fingerprint density at radius 1 is 0.963 bits per heavy atom. The van der Waals surface area contributed by atoms with Crippen LogP contribution in [0.25, 0.3) is 0 Å². The first kappa shape index (κ1) is 20.4. The van der Waals surface area contributed by atoms with Gasteiger partial charge in [-0.1, -0.05) is 42.5 Å². The monoisotopic (exact) mass is 393 g/mol. The molecular weight excluding hydrogens is 380 g/mol. The summed E-state index contributed by atoms with van der Waals surface area (Å²) in [7, 11) is 0. The molecule has 1 N–H and O–H groups in total. The summed E-state index contributed by atoms with van der Waals surface area (Å²) in [4.78, 5) is 11.8. The zero-order valence-electron chi connectivity index (χ0n) is 13.5. The minimum atomic E-state index is -5.82. The van der Waals surface area contributed by atoms with Crippen molar-refractivity contribution in [2.45, 2.75) is 25.1 Å². The van der Waals surface area contributed by atoms with Crippen LogP contribution in [0.2, 0.25) is 0 Å². The summed E-state index contributed by atoms with van der Waals surface area (Å²) in [6.07, 6.45) is -16.6. The van der Waals surface area contributed by atoms with Gasteiger partial charge < -0.3 is 9.47 Å². The highest BCUT2D eigenvalue weighted by molar-refractivity contribution is 5.86. The first-order chi connectivity index (χ1) is 12.6. The van der Waals surface area contributed by atoms with Gasteiger partial charge >= 0.3 is 18.4 Å². The number of amides is 1. The zero-order valence-corrected chi connectivity index (χ0v) is 13.5. The molecule has 2 aromatic rings. The third-order valence-electron chi connectivity index (χ3n) is 3.17. The molecule has 0 aliphatic heterocycles. The molecule has 10 heteroatoms. The molecule has 2 rings (SSSR count). The van der Waals surface area contributed by atoms with Gasteiger partial charge in [-0.15, -0.1) is 0 Å². The summed E-state index contributed by atoms with van der Waals surface area (Å²) in [5.74, 6) is -0.855. The lowest BCUT2D eigenvalue weighted by Crippen LogP contribution is -2.45. The molecule has 0 saturated heterocycles. The number of hydrogen-bond donors (Lipinski definition) is 1. The molecule has 0 bridgehead atoms. The molecule has 27 heavy (non-hydrogen) atoms. The van der Waals surface area contributed by atoms with Gasteiger partial charge in [-0.3, -0.25) is 5.32 Å². The van der Waals surface area contributed by atoms with Gasteiger partial charge in [-0.05, 0) is 17.7 Å².